The SMILES string of the molecule is CC(C)C(C)(CN)NC(=O)CCc1ccc(OC(F)(F)F)cc1.Cl. The molecule has 0 spiro atoms. The summed E-state index contributed by atoms with van der Waals surface area (Å²) >= 11 is 0. The lowest BCUT2D eigenvalue weighted by Crippen LogP contribution is -2.55. The number of amides is 1. The lowest BCUT2D eigenvalue weighted by atomic mass is 9.88. The highest BCUT2D eigenvalue weighted by Crippen LogP contribution is 2.23. The number of carbonyl (C=O) groups is 1. The first-order chi connectivity index (χ1) is 10.6. The van der Waals surface area contributed by atoms with Crippen LogP contribution in [0.3, 0.4) is 0 Å². The standard InChI is InChI=1S/C16H23F3N2O2.ClH/c1-11(2)15(3,10-20)21-14(22)9-6-12-4-7-13(8-5-12)23-16(17,18)19;/h4-5,7-8,11H,6,9-10,20H2,1-3H3,(H,21,22);1H. The number of halogens is 4. The van der Waals surface area contributed by atoms with E-state index in [1.54, 1.807) is 0 Å². The lowest BCUT2D eigenvalue weighted by Gasteiger charge is -2.33. The Hall–Kier alpha value is -1.47. The Bertz CT molecular complexity index is 521. The molecular weight excluding hydrogens is 345 g/mol. The van der Waals surface area contributed by atoms with Gasteiger partial charge in [0, 0.05) is 13.0 Å². The number of aryl methyl sites for hydroxylation is 1. The Balaban J connectivity index is 0.00000529. The normalized spacial score (nSPS) is 13.8. The van der Waals surface area contributed by atoms with Gasteiger partial charge >= 0.3 is 6.36 Å². The molecule has 0 bridgehead atoms. The molecule has 1 aromatic rings. The molecule has 24 heavy (non-hydrogen) atoms. The van der Waals surface area contributed by atoms with E-state index < -0.39 is 11.9 Å². The summed E-state index contributed by atoms with van der Waals surface area (Å²) in [5.74, 6) is -0.223. The molecule has 0 aliphatic rings. The van der Waals surface area contributed by atoms with Gasteiger partial charge in [0.25, 0.3) is 0 Å². The first kappa shape index (κ1) is 22.5. The van der Waals surface area contributed by atoms with Crippen LogP contribution in [0.5, 0.6) is 5.75 Å². The zero-order valence-corrected chi connectivity index (χ0v) is 14.8. The molecule has 1 rings (SSSR count). The average molecular weight is 369 g/mol. The van der Waals surface area contributed by atoms with Gasteiger partial charge in [-0.1, -0.05) is 26.0 Å². The lowest BCUT2D eigenvalue weighted by molar-refractivity contribution is -0.274. The number of nitrogens with one attached hydrogen (secondary N) is 1. The maximum Gasteiger partial charge on any atom is 0.573 e. The van der Waals surface area contributed by atoms with Crippen LogP contribution in [0, 0.1) is 5.92 Å². The van der Waals surface area contributed by atoms with Crippen molar-refractivity contribution in [3.8, 4) is 5.75 Å². The Morgan fingerprint density at radius 1 is 1.25 bits per heavy atom. The first-order valence-electron chi connectivity index (χ1n) is 7.41. The summed E-state index contributed by atoms with van der Waals surface area (Å²) in [4.78, 5) is 12.0. The highest BCUT2D eigenvalue weighted by Gasteiger charge is 2.31. The van der Waals surface area contributed by atoms with E-state index in [0.717, 1.165) is 5.56 Å². The van der Waals surface area contributed by atoms with Gasteiger partial charge in [-0.2, -0.15) is 0 Å². The monoisotopic (exact) mass is 368 g/mol. The molecular formula is C16H24ClF3N2O2. The molecule has 8 heteroatoms. The molecule has 0 saturated heterocycles. The smallest absolute Gasteiger partial charge is 0.406 e. The van der Waals surface area contributed by atoms with Crippen LogP contribution in [-0.4, -0.2) is 24.4 Å². The predicted octanol–water partition coefficient (Wildman–Crippen LogP) is 3.43. The molecule has 138 valence electrons. The molecule has 3 N–H and O–H groups in total. The third-order valence-electron chi connectivity index (χ3n) is 3.92. The maximum absolute atomic E-state index is 12.1. The summed E-state index contributed by atoms with van der Waals surface area (Å²) in [5, 5.41) is 2.92. The molecule has 1 amide bonds. The molecule has 0 aliphatic heterocycles. The van der Waals surface area contributed by atoms with E-state index in [2.05, 4.69) is 10.1 Å². The van der Waals surface area contributed by atoms with Gasteiger partial charge < -0.3 is 15.8 Å². The van der Waals surface area contributed by atoms with Crippen molar-refractivity contribution in [1.29, 1.82) is 0 Å². The van der Waals surface area contributed by atoms with Crippen molar-refractivity contribution in [3.63, 3.8) is 0 Å². The summed E-state index contributed by atoms with van der Waals surface area (Å²) in [6.07, 6.45) is -4.04. The molecule has 0 heterocycles. The van der Waals surface area contributed by atoms with Gasteiger partial charge in [-0.3, -0.25) is 4.79 Å². The van der Waals surface area contributed by atoms with E-state index in [0.29, 0.717) is 13.0 Å². The van der Waals surface area contributed by atoms with Crippen molar-refractivity contribution >= 4 is 18.3 Å². The minimum Gasteiger partial charge on any atom is -0.406 e. The van der Waals surface area contributed by atoms with Gasteiger partial charge in [0.1, 0.15) is 5.75 Å². The molecule has 0 radical (unpaired) electrons. The predicted molar refractivity (Wildman–Crippen MR) is 89.1 cm³/mol. The number of hydrogen-bond acceptors (Lipinski definition) is 3. The van der Waals surface area contributed by atoms with Gasteiger partial charge in [0.05, 0.1) is 5.54 Å². The van der Waals surface area contributed by atoms with E-state index >= 15 is 0 Å². The fourth-order valence-corrected chi connectivity index (χ4v) is 1.93. The van der Waals surface area contributed by atoms with E-state index in [4.69, 9.17) is 5.73 Å². The van der Waals surface area contributed by atoms with E-state index in [1.807, 2.05) is 20.8 Å². The second-order valence-corrected chi connectivity index (χ2v) is 6.02. The quantitative estimate of drug-likeness (QED) is 0.775. The topological polar surface area (TPSA) is 64.3 Å². The third-order valence-corrected chi connectivity index (χ3v) is 3.92. The molecule has 1 unspecified atom stereocenters. The molecule has 1 atom stereocenters. The summed E-state index contributed by atoms with van der Waals surface area (Å²) in [5.41, 5.74) is 6.00. The number of alkyl halides is 3. The number of nitrogens with two attached hydrogens (primary N) is 1. The van der Waals surface area contributed by atoms with E-state index in [-0.39, 0.29) is 36.4 Å². The molecule has 0 saturated carbocycles. The number of ether oxygens (including phenoxy) is 1. The highest BCUT2D eigenvalue weighted by atomic mass is 35.5. The van der Waals surface area contributed by atoms with Gasteiger partial charge in [0.15, 0.2) is 0 Å². The van der Waals surface area contributed by atoms with Crippen molar-refractivity contribution in [2.75, 3.05) is 6.54 Å². The van der Waals surface area contributed by atoms with Crippen molar-refractivity contribution in [1.82, 2.24) is 5.32 Å². The second kappa shape index (κ2) is 9.13. The fraction of sp³-hybridized carbons (Fsp3) is 0.562. The number of carbonyl (C=O) groups excluding carboxylic acids is 1. The van der Waals surface area contributed by atoms with Crippen LogP contribution in [0.2, 0.25) is 0 Å². The summed E-state index contributed by atoms with van der Waals surface area (Å²) in [7, 11) is 0. The average Bonchev–Trinajstić information content (AvgIpc) is 2.44. The van der Waals surface area contributed by atoms with Crippen molar-refractivity contribution in [2.24, 2.45) is 11.7 Å². The van der Waals surface area contributed by atoms with Crippen LogP contribution in [0.1, 0.15) is 32.8 Å². The minimum atomic E-state index is -4.70. The summed E-state index contributed by atoms with van der Waals surface area (Å²) < 4.78 is 40.0. The molecule has 0 aliphatic carbocycles. The third kappa shape index (κ3) is 7.40. The highest BCUT2D eigenvalue weighted by molar-refractivity contribution is 5.85. The first-order valence-corrected chi connectivity index (χ1v) is 7.41. The Labute approximate surface area is 146 Å². The fourth-order valence-electron chi connectivity index (χ4n) is 1.93. The minimum absolute atomic E-state index is 0. The molecule has 4 nitrogen and oxygen atoms in total. The summed E-state index contributed by atoms with van der Waals surface area (Å²) in [6.45, 7) is 6.18. The number of rotatable bonds is 7. The molecule has 0 aromatic heterocycles. The van der Waals surface area contributed by atoms with Crippen LogP contribution in [0.4, 0.5) is 13.2 Å². The summed E-state index contributed by atoms with van der Waals surface area (Å²) in [6, 6.07) is 5.50. The number of benzene rings is 1. The van der Waals surface area contributed by atoms with E-state index in [9.17, 15) is 18.0 Å². The zero-order chi connectivity index (χ0) is 17.7. The van der Waals surface area contributed by atoms with Gasteiger partial charge in [-0.05, 0) is 37.0 Å². The Kier molecular flexibility index (Phi) is 8.57. The van der Waals surface area contributed by atoms with Gasteiger partial charge in [-0.25, -0.2) is 0 Å². The second-order valence-electron chi connectivity index (χ2n) is 6.02. The van der Waals surface area contributed by atoms with Crippen LogP contribution >= 0.6 is 12.4 Å². The maximum atomic E-state index is 12.1. The molecule has 1 aromatic carbocycles. The van der Waals surface area contributed by atoms with Crippen LogP contribution < -0.4 is 15.8 Å². The molecule has 0 fully saturated rings. The van der Waals surface area contributed by atoms with E-state index in [1.165, 1.54) is 24.3 Å². The number of hydrogen-bond donors (Lipinski definition) is 2. The van der Waals surface area contributed by atoms with Crippen molar-refractivity contribution in [2.45, 2.75) is 45.5 Å². The largest absolute Gasteiger partial charge is 0.573 e. The van der Waals surface area contributed by atoms with Gasteiger partial charge in [-0.15, -0.1) is 25.6 Å². The van der Waals surface area contributed by atoms with Crippen LogP contribution in [0.15, 0.2) is 24.3 Å². The zero-order valence-electron chi connectivity index (χ0n) is 13.9. The van der Waals surface area contributed by atoms with Crippen molar-refractivity contribution < 1.29 is 22.7 Å². The van der Waals surface area contributed by atoms with Crippen LogP contribution in [0.25, 0.3) is 0 Å². The Morgan fingerprint density at radius 2 is 1.79 bits per heavy atom. The Morgan fingerprint density at radius 3 is 2.21 bits per heavy atom. The van der Waals surface area contributed by atoms with Crippen LogP contribution in [-0.2, 0) is 11.2 Å². The van der Waals surface area contributed by atoms with Gasteiger partial charge in [0.2, 0.25) is 5.91 Å². The van der Waals surface area contributed by atoms with Crippen molar-refractivity contribution in [3.05, 3.63) is 29.8 Å².